The molecule has 1 aromatic heterocycles. The van der Waals surface area contributed by atoms with Crippen molar-refractivity contribution in [1.29, 1.82) is 0 Å². The Hall–Kier alpha value is -1.89. The van der Waals surface area contributed by atoms with E-state index in [4.69, 9.17) is 9.15 Å². The first-order valence-electron chi connectivity index (χ1n) is 8.07. The summed E-state index contributed by atoms with van der Waals surface area (Å²) in [6.07, 6.45) is 1.35. The number of rotatable bonds is 3. The maximum absolute atomic E-state index is 12.6. The zero-order valence-electron chi connectivity index (χ0n) is 14.2. The van der Waals surface area contributed by atoms with Gasteiger partial charge < -0.3 is 14.1 Å². The summed E-state index contributed by atoms with van der Waals surface area (Å²) in [6.45, 7) is 6.15. The van der Waals surface area contributed by atoms with Crippen molar-refractivity contribution in [2.24, 2.45) is 0 Å². The van der Waals surface area contributed by atoms with E-state index in [9.17, 15) is 9.00 Å². The zero-order valence-corrected chi connectivity index (χ0v) is 15.0. The van der Waals surface area contributed by atoms with Crippen LogP contribution in [-0.4, -0.2) is 44.1 Å². The highest BCUT2D eigenvalue weighted by atomic mass is 32.2. The first kappa shape index (κ1) is 17.0. The van der Waals surface area contributed by atoms with Gasteiger partial charge in [0, 0.05) is 12.6 Å². The van der Waals surface area contributed by atoms with Gasteiger partial charge in [0.05, 0.1) is 5.75 Å². The quantitative estimate of drug-likeness (QED) is 0.849. The van der Waals surface area contributed by atoms with Gasteiger partial charge in [0.1, 0.15) is 21.9 Å². The van der Waals surface area contributed by atoms with Crippen LogP contribution in [0, 0.1) is 0 Å². The first-order chi connectivity index (χ1) is 11.3. The van der Waals surface area contributed by atoms with Gasteiger partial charge in [-0.25, -0.2) is 14.0 Å². The van der Waals surface area contributed by atoms with Crippen molar-refractivity contribution in [1.82, 2.24) is 9.88 Å². The van der Waals surface area contributed by atoms with Crippen LogP contribution in [-0.2, 0) is 15.5 Å². The van der Waals surface area contributed by atoms with Gasteiger partial charge in [0.25, 0.3) is 5.22 Å². The van der Waals surface area contributed by atoms with Crippen LogP contribution in [0.2, 0.25) is 0 Å². The summed E-state index contributed by atoms with van der Waals surface area (Å²) >= 11 is 0. The fourth-order valence-corrected chi connectivity index (χ4v) is 3.99. The Bertz CT molecular complexity index is 732. The lowest BCUT2D eigenvalue weighted by molar-refractivity contribution is 0.0241. The summed E-state index contributed by atoms with van der Waals surface area (Å²) in [7, 11) is -1.39. The summed E-state index contributed by atoms with van der Waals surface area (Å²) in [5.41, 5.74) is 0.775. The lowest BCUT2D eigenvalue weighted by Gasteiger charge is -2.28. The average Bonchev–Trinajstić information content (AvgIpc) is 3.11. The molecule has 1 aromatic carbocycles. The molecule has 6 nitrogen and oxygen atoms in total. The van der Waals surface area contributed by atoms with Gasteiger partial charge in [-0.05, 0) is 45.7 Å². The molecule has 0 unspecified atom stereocenters. The summed E-state index contributed by atoms with van der Waals surface area (Å²) in [6, 6.07) is 7.21. The van der Waals surface area contributed by atoms with Gasteiger partial charge in [-0.2, -0.15) is 0 Å². The number of aromatic nitrogens is 1. The molecule has 2 aromatic rings. The molecular weight excluding hydrogens is 328 g/mol. The van der Waals surface area contributed by atoms with Crippen LogP contribution in [0.25, 0.3) is 11.1 Å². The van der Waals surface area contributed by atoms with E-state index in [1.807, 2.05) is 39.0 Å². The molecule has 0 bridgehead atoms. The summed E-state index contributed by atoms with van der Waals surface area (Å²) < 4.78 is 23.6. The summed E-state index contributed by atoms with van der Waals surface area (Å²) in [5.74, 6) is 0.312. The standard InChI is InChI=1S/C17H22N2O4S/c1-17(2,3)23-16(20)19-10-6-7-12(19)11-24(21)15-18-13-8-4-5-9-14(13)22-15/h4-5,8-9,12H,6-7,10-11H2,1-3H3/t12-,24+/m0/s1. The fourth-order valence-electron chi connectivity index (χ4n) is 2.76. The second kappa shape index (κ2) is 6.55. The largest absolute Gasteiger partial charge is 0.444 e. The van der Waals surface area contributed by atoms with Crippen molar-refractivity contribution in [2.75, 3.05) is 12.3 Å². The van der Waals surface area contributed by atoms with Gasteiger partial charge in [0.15, 0.2) is 5.58 Å². The van der Waals surface area contributed by atoms with E-state index in [0.717, 1.165) is 12.8 Å². The Balaban J connectivity index is 1.69. The number of hydrogen-bond acceptors (Lipinski definition) is 5. The molecule has 0 spiro atoms. The first-order valence-corrected chi connectivity index (χ1v) is 9.39. The van der Waals surface area contributed by atoms with Crippen molar-refractivity contribution in [3.05, 3.63) is 24.3 Å². The molecule has 1 amide bonds. The number of benzene rings is 1. The van der Waals surface area contributed by atoms with Crippen LogP contribution in [0.15, 0.2) is 33.9 Å². The lowest BCUT2D eigenvalue weighted by Crippen LogP contribution is -2.42. The monoisotopic (exact) mass is 350 g/mol. The number of oxazole rings is 1. The molecule has 0 N–H and O–H groups in total. The van der Waals surface area contributed by atoms with Crippen LogP contribution >= 0.6 is 0 Å². The summed E-state index contributed by atoms with van der Waals surface area (Å²) in [5, 5.41) is 0.215. The van der Waals surface area contributed by atoms with E-state index < -0.39 is 16.4 Å². The molecule has 1 fully saturated rings. The molecule has 2 heterocycles. The van der Waals surface area contributed by atoms with Crippen LogP contribution in [0.1, 0.15) is 33.6 Å². The van der Waals surface area contributed by atoms with Crippen LogP contribution < -0.4 is 0 Å². The molecular formula is C17H22N2O4S. The molecule has 0 radical (unpaired) electrons. The Morgan fingerprint density at radius 2 is 2.17 bits per heavy atom. The number of fused-ring (bicyclic) bond motifs is 1. The Morgan fingerprint density at radius 3 is 2.88 bits per heavy atom. The number of nitrogens with zero attached hydrogens (tertiary/aromatic N) is 2. The van der Waals surface area contributed by atoms with Crippen LogP contribution in [0.3, 0.4) is 0 Å². The maximum Gasteiger partial charge on any atom is 0.410 e. The van der Waals surface area contributed by atoms with Crippen molar-refractivity contribution in [3.8, 4) is 0 Å². The predicted octanol–water partition coefficient (Wildman–Crippen LogP) is 3.33. The van der Waals surface area contributed by atoms with E-state index in [0.29, 0.717) is 23.4 Å². The molecule has 1 saturated heterocycles. The molecule has 3 rings (SSSR count). The van der Waals surface area contributed by atoms with Crippen LogP contribution in [0.5, 0.6) is 0 Å². The molecule has 0 aliphatic carbocycles. The van der Waals surface area contributed by atoms with Crippen molar-refractivity contribution < 1.29 is 18.2 Å². The van der Waals surface area contributed by atoms with Gasteiger partial charge in [-0.15, -0.1) is 0 Å². The Kier molecular flexibility index (Phi) is 4.62. The second-order valence-corrected chi connectivity index (χ2v) is 8.30. The normalized spacial score (nSPS) is 19.6. The number of carbonyl (C=O) groups is 1. The molecule has 0 saturated carbocycles. The minimum absolute atomic E-state index is 0.115. The van der Waals surface area contributed by atoms with E-state index >= 15 is 0 Å². The Morgan fingerprint density at radius 1 is 1.42 bits per heavy atom. The van der Waals surface area contributed by atoms with E-state index in [-0.39, 0.29) is 17.4 Å². The molecule has 24 heavy (non-hydrogen) atoms. The van der Waals surface area contributed by atoms with E-state index in [2.05, 4.69) is 4.98 Å². The number of amides is 1. The lowest BCUT2D eigenvalue weighted by atomic mass is 10.2. The fraction of sp³-hybridized carbons (Fsp3) is 0.529. The molecule has 7 heteroatoms. The molecule has 130 valence electrons. The van der Waals surface area contributed by atoms with Crippen molar-refractivity contribution in [3.63, 3.8) is 0 Å². The number of para-hydroxylation sites is 2. The van der Waals surface area contributed by atoms with Gasteiger partial charge in [0.2, 0.25) is 0 Å². The van der Waals surface area contributed by atoms with Crippen molar-refractivity contribution in [2.45, 2.75) is 50.5 Å². The van der Waals surface area contributed by atoms with Gasteiger partial charge in [-0.1, -0.05) is 12.1 Å². The van der Waals surface area contributed by atoms with E-state index in [1.54, 1.807) is 11.0 Å². The van der Waals surface area contributed by atoms with Gasteiger partial charge >= 0.3 is 6.09 Å². The minimum atomic E-state index is -1.39. The molecule has 1 aliphatic rings. The highest BCUT2D eigenvalue weighted by Crippen LogP contribution is 2.24. The minimum Gasteiger partial charge on any atom is -0.444 e. The van der Waals surface area contributed by atoms with Gasteiger partial charge in [-0.3, -0.25) is 0 Å². The SMILES string of the molecule is CC(C)(C)OC(=O)N1CCC[C@H]1C[S@@](=O)c1nc2ccccc2o1. The molecule has 2 atom stereocenters. The smallest absolute Gasteiger partial charge is 0.410 e. The zero-order chi connectivity index (χ0) is 17.3. The second-order valence-electron chi connectivity index (χ2n) is 6.93. The average molecular weight is 350 g/mol. The topological polar surface area (TPSA) is 72.6 Å². The third kappa shape index (κ3) is 3.77. The third-order valence-corrected chi connectivity index (χ3v) is 5.07. The highest BCUT2D eigenvalue weighted by Gasteiger charge is 2.34. The number of carbonyl (C=O) groups excluding carboxylic acids is 1. The maximum atomic E-state index is 12.6. The van der Waals surface area contributed by atoms with Crippen LogP contribution in [0.4, 0.5) is 4.79 Å². The number of likely N-dealkylation sites (tertiary alicyclic amines) is 1. The van der Waals surface area contributed by atoms with Crippen molar-refractivity contribution >= 4 is 28.0 Å². The number of ether oxygens (including phenoxy) is 1. The predicted molar refractivity (Wildman–Crippen MR) is 91.2 cm³/mol. The Labute approximate surface area is 143 Å². The highest BCUT2D eigenvalue weighted by molar-refractivity contribution is 7.84. The summed E-state index contributed by atoms with van der Waals surface area (Å²) in [4.78, 5) is 18.3. The molecule has 1 aliphatic heterocycles. The van der Waals surface area contributed by atoms with E-state index in [1.165, 1.54) is 0 Å². The third-order valence-electron chi connectivity index (χ3n) is 3.82. The number of hydrogen-bond donors (Lipinski definition) is 0.